The fraction of sp³-hybridized carbons (Fsp3) is 0.222. The maximum Gasteiger partial charge on any atom is 0.340 e. The number of benzene rings is 2. The molecule has 0 aliphatic rings. The second-order valence-electron chi connectivity index (χ2n) is 5.16. The molecular formula is C18H17ClFNO6. The minimum atomic E-state index is -0.672. The first kappa shape index (κ1) is 20.3. The van der Waals surface area contributed by atoms with E-state index in [1.807, 2.05) is 0 Å². The van der Waals surface area contributed by atoms with Crippen molar-refractivity contribution in [3.8, 4) is 17.2 Å². The Kier molecular flexibility index (Phi) is 6.84. The number of hydrogen-bond acceptors (Lipinski definition) is 6. The molecule has 0 aliphatic carbocycles. The summed E-state index contributed by atoms with van der Waals surface area (Å²) in [4.78, 5) is 24.2. The smallest absolute Gasteiger partial charge is 0.340 e. The van der Waals surface area contributed by atoms with E-state index in [0.29, 0.717) is 11.5 Å². The molecule has 0 heterocycles. The van der Waals surface area contributed by atoms with Gasteiger partial charge < -0.3 is 24.3 Å². The number of carbonyl (C=O) groups is 2. The highest BCUT2D eigenvalue weighted by atomic mass is 35.5. The lowest BCUT2D eigenvalue weighted by Crippen LogP contribution is -2.22. The fourth-order valence-corrected chi connectivity index (χ4v) is 2.40. The van der Waals surface area contributed by atoms with Crippen molar-refractivity contribution in [2.75, 3.05) is 33.3 Å². The number of rotatable bonds is 7. The van der Waals surface area contributed by atoms with Crippen molar-refractivity contribution in [3.63, 3.8) is 0 Å². The first-order valence-corrected chi connectivity index (χ1v) is 7.99. The lowest BCUT2D eigenvalue weighted by atomic mass is 10.1. The SMILES string of the molecule is COC(=O)c1cc(OC)c(OC)cc1NC(=O)COc1ccc(F)cc1Cl. The highest BCUT2D eigenvalue weighted by Gasteiger charge is 2.19. The van der Waals surface area contributed by atoms with Crippen LogP contribution in [0.3, 0.4) is 0 Å². The number of hydrogen-bond donors (Lipinski definition) is 1. The second kappa shape index (κ2) is 9.09. The van der Waals surface area contributed by atoms with Gasteiger partial charge >= 0.3 is 5.97 Å². The van der Waals surface area contributed by atoms with Crippen LogP contribution in [0.5, 0.6) is 17.2 Å². The van der Waals surface area contributed by atoms with Gasteiger partial charge in [0, 0.05) is 12.1 Å². The summed E-state index contributed by atoms with van der Waals surface area (Å²) in [6, 6.07) is 6.34. The Morgan fingerprint density at radius 2 is 1.70 bits per heavy atom. The van der Waals surface area contributed by atoms with Crippen LogP contribution in [0.25, 0.3) is 0 Å². The Bertz CT molecular complexity index is 858. The molecule has 2 aromatic rings. The Morgan fingerprint density at radius 1 is 1.04 bits per heavy atom. The van der Waals surface area contributed by atoms with Gasteiger partial charge in [-0.05, 0) is 18.2 Å². The van der Waals surface area contributed by atoms with Crippen molar-refractivity contribution < 1.29 is 32.9 Å². The number of ether oxygens (including phenoxy) is 4. The molecule has 0 bridgehead atoms. The van der Waals surface area contributed by atoms with Gasteiger partial charge in [-0.15, -0.1) is 0 Å². The van der Waals surface area contributed by atoms with Gasteiger partial charge in [0.05, 0.1) is 37.6 Å². The lowest BCUT2D eigenvalue weighted by molar-refractivity contribution is -0.118. The number of nitrogens with one attached hydrogen (secondary N) is 1. The van der Waals surface area contributed by atoms with Crippen LogP contribution in [-0.2, 0) is 9.53 Å². The molecule has 0 aliphatic heterocycles. The van der Waals surface area contributed by atoms with Crippen LogP contribution >= 0.6 is 11.6 Å². The molecule has 1 amide bonds. The highest BCUT2D eigenvalue weighted by molar-refractivity contribution is 6.32. The molecule has 0 fully saturated rings. The highest BCUT2D eigenvalue weighted by Crippen LogP contribution is 2.34. The van der Waals surface area contributed by atoms with Crippen LogP contribution in [0.4, 0.5) is 10.1 Å². The Labute approximate surface area is 159 Å². The van der Waals surface area contributed by atoms with E-state index in [1.54, 1.807) is 0 Å². The minimum Gasteiger partial charge on any atom is -0.493 e. The number of esters is 1. The zero-order chi connectivity index (χ0) is 20.0. The zero-order valence-corrected chi connectivity index (χ0v) is 15.6. The van der Waals surface area contributed by atoms with Gasteiger partial charge in [-0.1, -0.05) is 11.6 Å². The van der Waals surface area contributed by atoms with Gasteiger partial charge in [-0.25, -0.2) is 9.18 Å². The summed E-state index contributed by atoms with van der Waals surface area (Å²) in [7, 11) is 4.04. The van der Waals surface area contributed by atoms with Gasteiger partial charge in [0.25, 0.3) is 5.91 Å². The monoisotopic (exact) mass is 397 g/mol. The maximum atomic E-state index is 13.0. The van der Waals surface area contributed by atoms with Gasteiger partial charge in [-0.3, -0.25) is 4.79 Å². The summed E-state index contributed by atoms with van der Waals surface area (Å²) in [6.07, 6.45) is 0. The van der Waals surface area contributed by atoms with Gasteiger partial charge in [-0.2, -0.15) is 0 Å². The second-order valence-corrected chi connectivity index (χ2v) is 5.56. The van der Waals surface area contributed by atoms with Crippen molar-refractivity contribution in [2.24, 2.45) is 0 Å². The van der Waals surface area contributed by atoms with Crippen molar-refractivity contribution in [3.05, 3.63) is 46.7 Å². The van der Waals surface area contributed by atoms with E-state index in [4.69, 9.17) is 30.5 Å². The fourth-order valence-electron chi connectivity index (χ4n) is 2.18. The lowest BCUT2D eigenvalue weighted by Gasteiger charge is -2.15. The standard InChI is InChI=1S/C18H17ClFNO6/c1-24-15-7-11(18(23)26-3)13(8-16(15)25-2)21-17(22)9-27-14-5-4-10(20)6-12(14)19/h4-8H,9H2,1-3H3,(H,21,22). The molecule has 2 rings (SSSR count). The van der Waals surface area contributed by atoms with Crippen LogP contribution < -0.4 is 19.5 Å². The molecule has 27 heavy (non-hydrogen) atoms. The number of halogens is 2. The van der Waals surface area contributed by atoms with Crippen LogP contribution in [0.2, 0.25) is 5.02 Å². The topological polar surface area (TPSA) is 83.1 Å². The van der Waals surface area contributed by atoms with Crippen molar-refractivity contribution >= 4 is 29.2 Å². The molecule has 0 unspecified atom stereocenters. The number of anilines is 1. The number of carbonyl (C=O) groups excluding carboxylic acids is 2. The number of amides is 1. The normalized spacial score (nSPS) is 10.1. The van der Waals surface area contributed by atoms with Gasteiger partial charge in [0.15, 0.2) is 18.1 Å². The van der Waals surface area contributed by atoms with Crippen molar-refractivity contribution in [1.29, 1.82) is 0 Å². The molecule has 0 spiro atoms. The molecular weight excluding hydrogens is 381 g/mol. The summed E-state index contributed by atoms with van der Waals surface area (Å²) < 4.78 is 33.3. The largest absolute Gasteiger partial charge is 0.493 e. The van der Waals surface area contributed by atoms with E-state index in [1.165, 1.54) is 39.5 Å². The summed E-state index contributed by atoms with van der Waals surface area (Å²) in [5.41, 5.74) is 0.224. The van der Waals surface area contributed by atoms with Gasteiger partial charge in [0.1, 0.15) is 11.6 Å². The van der Waals surface area contributed by atoms with Crippen LogP contribution in [0.15, 0.2) is 30.3 Å². The molecule has 9 heteroatoms. The summed E-state index contributed by atoms with van der Waals surface area (Å²) in [5, 5.41) is 2.57. The average molecular weight is 398 g/mol. The summed E-state index contributed by atoms with van der Waals surface area (Å²) in [5.74, 6) is -1.02. The summed E-state index contributed by atoms with van der Waals surface area (Å²) >= 11 is 5.84. The van der Waals surface area contributed by atoms with Crippen LogP contribution in [-0.4, -0.2) is 39.8 Å². The maximum absolute atomic E-state index is 13.0. The predicted octanol–water partition coefficient (Wildman–Crippen LogP) is 3.30. The van der Waals surface area contributed by atoms with Crippen LogP contribution in [0.1, 0.15) is 10.4 Å². The van der Waals surface area contributed by atoms with E-state index in [9.17, 15) is 14.0 Å². The molecule has 0 aromatic heterocycles. The quantitative estimate of drug-likeness (QED) is 0.722. The third kappa shape index (κ3) is 5.01. The predicted molar refractivity (Wildman–Crippen MR) is 96.4 cm³/mol. The van der Waals surface area contributed by atoms with Crippen LogP contribution in [0, 0.1) is 5.82 Å². The van der Waals surface area contributed by atoms with E-state index >= 15 is 0 Å². The van der Waals surface area contributed by atoms with E-state index in [-0.39, 0.29) is 22.0 Å². The van der Waals surface area contributed by atoms with E-state index in [0.717, 1.165) is 12.1 Å². The Balaban J connectivity index is 2.19. The molecule has 0 radical (unpaired) electrons. The molecule has 0 atom stereocenters. The molecule has 0 saturated heterocycles. The zero-order valence-electron chi connectivity index (χ0n) is 14.8. The Hall–Kier alpha value is -3.00. The van der Waals surface area contributed by atoms with Crippen molar-refractivity contribution in [2.45, 2.75) is 0 Å². The molecule has 7 nitrogen and oxygen atoms in total. The molecule has 0 saturated carbocycles. The first-order valence-electron chi connectivity index (χ1n) is 7.61. The van der Waals surface area contributed by atoms with E-state index < -0.39 is 24.3 Å². The Morgan fingerprint density at radius 3 is 2.30 bits per heavy atom. The van der Waals surface area contributed by atoms with Gasteiger partial charge in [0.2, 0.25) is 0 Å². The van der Waals surface area contributed by atoms with Crippen molar-refractivity contribution in [1.82, 2.24) is 0 Å². The first-order chi connectivity index (χ1) is 12.9. The number of methoxy groups -OCH3 is 3. The third-order valence-electron chi connectivity index (χ3n) is 3.46. The minimum absolute atomic E-state index is 0.0316. The third-order valence-corrected chi connectivity index (χ3v) is 3.75. The molecule has 2 aromatic carbocycles. The molecule has 144 valence electrons. The average Bonchev–Trinajstić information content (AvgIpc) is 2.66. The van der Waals surface area contributed by atoms with E-state index in [2.05, 4.69) is 5.32 Å². The molecule has 1 N–H and O–H groups in total. The summed E-state index contributed by atoms with van der Waals surface area (Å²) in [6.45, 7) is -0.416.